The Morgan fingerprint density at radius 1 is 1.07 bits per heavy atom. The third-order valence-corrected chi connectivity index (χ3v) is 7.20. The molecule has 0 radical (unpaired) electrons. The molecule has 2 heterocycles. The van der Waals surface area contributed by atoms with Gasteiger partial charge in [-0.05, 0) is 53.5 Å². The van der Waals surface area contributed by atoms with Gasteiger partial charge in [-0.2, -0.15) is 0 Å². The lowest BCUT2D eigenvalue weighted by atomic mass is 9.79. The zero-order chi connectivity index (χ0) is 20.9. The van der Waals surface area contributed by atoms with Crippen molar-refractivity contribution in [2.75, 3.05) is 7.11 Å². The highest BCUT2D eigenvalue weighted by Crippen LogP contribution is 2.32. The first kappa shape index (κ1) is 18.9. The molecule has 0 amide bonds. The summed E-state index contributed by atoms with van der Waals surface area (Å²) < 4.78 is 39.1. The molecule has 4 aromatic rings. The smallest absolute Gasteiger partial charge is 0.491 e. The van der Waals surface area contributed by atoms with Crippen LogP contribution in [0, 0.1) is 0 Å². The van der Waals surface area contributed by atoms with Crippen molar-refractivity contribution in [3.05, 3.63) is 78.5 Å². The highest BCUT2D eigenvalue weighted by Gasteiger charge is 2.28. The van der Waals surface area contributed by atoms with Gasteiger partial charge in [0.25, 0.3) is 0 Å². The van der Waals surface area contributed by atoms with Crippen molar-refractivity contribution in [3.63, 3.8) is 0 Å². The molecule has 1 aliphatic heterocycles. The maximum absolute atomic E-state index is 13.4. The lowest BCUT2D eigenvalue weighted by Gasteiger charge is -2.08. The van der Waals surface area contributed by atoms with Crippen LogP contribution in [0.15, 0.2) is 82.7 Å². The van der Waals surface area contributed by atoms with Gasteiger partial charge < -0.3 is 19.0 Å². The van der Waals surface area contributed by atoms with E-state index in [9.17, 15) is 13.4 Å². The van der Waals surface area contributed by atoms with Gasteiger partial charge in [0.15, 0.2) is 0 Å². The van der Waals surface area contributed by atoms with E-state index >= 15 is 0 Å². The fourth-order valence-electron chi connectivity index (χ4n) is 3.81. The fourth-order valence-corrected chi connectivity index (χ4v) is 5.26. The minimum Gasteiger partial charge on any atom is -0.497 e. The number of benzene rings is 3. The Morgan fingerprint density at radius 2 is 1.83 bits per heavy atom. The van der Waals surface area contributed by atoms with Crippen molar-refractivity contribution < 1.29 is 22.8 Å². The molecule has 3 aromatic carbocycles. The van der Waals surface area contributed by atoms with Gasteiger partial charge >= 0.3 is 7.12 Å². The second kappa shape index (κ2) is 7.02. The summed E-state index contributed by atoms with van der Waals surface area (Å²) in [7, 11) is -3.18. The van der Waals surface area contributed by atoms with E-state index in [-0.39, 0.29) is 9.79 Å². The van der Waals surface area contributed by atoms with E-state index < -0.39 is 17.0 Å². The molecule has 0 fully saturated rings. The number of fused-ring (bicyclic) bond motifs is 2. The van der Waals surface area contributed by atoms with Crippen LogP contribution in [0.5, 0.6) is 5.75 Å². The average molecular weight is 419 g/mol. The molecule has 0 saturated carbocycles. The second-order valence-electron chi connectivity index (χ2n) is 7.11. The molecular formula is C22H18BNO5S. The Morgan fingerprint density at radius 3 is 2.60 bits per heavy atom. The summed E-state index contributed by atoms with van der Waals surface area (Å²) in [5, 5.41) is 10.7. The molecular weight excluding hydrogens is 401 g/mol. The maximum Gasteiger partial charge on any atom is 0.491 e. The van der Waals surface area contributed by atoms with E-state index in [1.807, 2.05) is 41.0 Å². The standard InChI is InChI=1S/C22H18BNO5S/c1-28-17-8-10-18(11-9-17)30(26,27)22-13-24(21-5-3-2-4-19(21)22)16-7-6-15-14-29-23(25)20(15)12-16/h2-13,25H,14H2,1H3. The normalized spacial score (nSPS) is 13.6. The van der Waals surface area contributed by atoms with E-state index in [1.165, 1.54) is 7.11 Å². The third kappa shape index (κ3) is 2.92. The molecule has 0 saturated heterocycles. The second-order valence-corrected chi connectivity index (χ2v) is 9.02. The molecule has 150 valence electrons. The minimum atomic E-state index is -3.75. The molecule has 8 heteroatoms. The SMILES string of the molecule is COc1ccc(S(=O)(=O)c2cn(-c3ccc4c(c3)B(O)OC4)c3ccccc23)cc1. The zero-order valence-corrected chi connectivity index (χ0v) is 17.0. The summed E-state index contributed by atoms with van der Waals surface area (Å²) in [6.07, 6.45) is 1.63. The lowest BCUT2D eigenvalue weighted by Crippen LogP contribution is -2.28. The van der Waals surface area contributed by atoms with Crippen molar-refractivity contribution in [2.24, 2.45) is 0 Å². The summed E-state index contributed by atoms with van der Waals surface area (Å²) in [6, 6.07) is 19.4. The average Bonchev–Trinajstić information content (AvgIpc) is 3.35. The maximum atomic E-state index is 13.4. The van der Waals surface area contributed by atoms with Crippen LogP contribution >= 0.6 is 0 Å². The predicted octanol–water partition coefficient (Wildman–Crippen LogP) is 2.69. The number of hydrogen-bond donors (Lipinski definition) is 1. The first-order valence-corrected chi connectivity index (χ1v) is 10.9. The number of aromatic nitrogens is 1. The quantitative estimate of drug-likeness (QED) is 0.515. The number of rotatable bonds is 4. The van der Waals surface area contributed by atoms with Crippen LogP contribution < -0.4 is 10.2 Å². The number of sulfone groups is 1. The Balaban J connectivity index is 1.69. The van der Waals surface area contributed by atoms with Gasteiger partial charge in [0.05, 0.1) is 29.0 Å². The van der Waals surface area contributed by atoms with Crippen LogP contribution in [0.25, 0.3) is 16.6 Å². The Kier molecular flexibility index (Phi) is 4.43. The van der Waals surface area contributed by atoms with Gasteiger partial charge in [-0.25, -0.2) is 8.42 Å². The van der Waals surface area contributed by atoms with Crippen molar-refractivity contribution >= 4 is 33.3 Å². The molecule has 1 N–H and O–H groups in total. The van der Waals surface area contributed by atoms with Gasteiger partial charge in [-0.3, -0.25) is 0 Å². The molecule has 0 unspecified atom stereocenters. The number of hydrogen-bond acceptors (Lipinski definition) is 5. The first-order chi connectivity index (χ1) is 14.5. The summed E-state index contributed by atoms with van der Waals surface area (Å²) in [4.78, 5) is 0.421. The number of methoxy groups -OCH3 is 1. The summed E-state index contributed by atoms with van der Waals surface area (Å²) in [5.74, 6) is 0.593. The van der Waals surface area contributed by atoms with Crippen molar-refractivity contribution in [1.82, 2.24) is 4.57 Å². The van der Waals surface area contributed by atoms with E-state index in [4.69, 9.17) is 9.39 Å². The number of para-hydroxylation sites is 1. The predicted molar refractivity (Wildman–Crippen MR) is 114 cm³/mol. The Labute approximate surface area is 174 Å². The largest absolute Gasteiger partial charge is 0.497 e. The highest BCUT2D eigenvalue weighted by atomic mass is 32.2. The monoisotopic (exact) mass is 419 g/mol. The number of nitrogens with zero attached hydrogens (tertiary/aromatic N) is 1. The Bertz CT molecular complexity index is 1360. The van der Waals surface area contributed by atoms with Gasteiger partial charge in [-0.1, -0.05) is 24.3 Å². The summed E-state index contributed by atoms with van der Waals surface area (Å²) >= 11 is 0. The van der Waals surface area contributed by atoms with Gasteiger partial charge in [0.1, 0.15) is 5.75 Å². The van der Waals surface area contributed by atoms with Crippen LogP contribution in [0.4, 0.5) is 0 Å². The van der Waals surface area contributed by atoms with Crippen LogP contribution in [0.3, 0.4) is 0 Å². The van der Waals surface area contributed by atoms with Crippen LogP contribution in [0.2, 0.25) is 0 Å². The minimum absolute atomic E-state index is 0.198. The summed E-state index contributed by atoms with van der Waals surface area (Å²) in [5.41, 5.74) is 3.14. The van der Waals surface area contributed by atoms with Gasteiger partial charge in [-0.15, -0.1) is 0 Å². The number of ether oxygens (including phenoxy) is 1. The van der Waals surface area contributed by atoms with Crippen LogP contribution in [-0.4, -0.2) is 32.2 Å². The van der Waals surface area contributed by atoms with Crippen molar-refractivity contribution in [1.29, 1.82) is 0 Å². The van der Waals surface area contributed by atoms with E-state index in [1.54, 1.807) is 36.5 Å². The lowest BCUT2D eigenvalue weighted by molar-refractivity contribution is 0.275. The molecule has 6 nitrogen and oxygen atoms in total. The fraction of sp³-hybridized carbons (Fsp3) is 0.0909. The van der Waals surface area contributed by atoms with E-state index in [0.29, 0.717) is 23.2 Å². The molecule has 5 rings (SSSR count). The van der Waals surface area contributed by atoms with Gasteiger partial charge in [0.2, 0.25) is 9.84 Å². The van der Waals surface area contributed by atoms with Crippen molar-refractivity contribution in [2.45, 2.75) is 16.4 Å². The van der Waals surface area contributed by atoms with E-state index in [0.717, 1.165) is 16.8 Å². The van der Waals surface area contributed by atoms with Crippen LogP contribution in [-0.2, 0) is 21.1 Å². The van der Waals surface area contributed by atoms with Crippen molar-refractivity contribution in [3.8, 4) is 11.4 Å². The third-order valence-electron chi connectivity index (χ3n) is 5.41. The molecule has 1 aliphatic rings. The molecule has 0 bridgehead atoms. The molecule has 0 spiro atoms. The molecule has 0 aliphatic carbocycles. The summed E-state index contributed by atoms with van der Waals surface area (Å²) in [6.45, 7) is 0.361. The molecule has 1 aromatic heterocycles. The van der Waals surface area contributed by atoms with Crippen LogP contribution in [0.1, 0.15) is 5.56 Å². The first-order valence-electron chi connectivity index (χ1n) is 9.41. The molecule has 30 heavy (non-hydrogen) atoms. The van der Waals surface area contributed by atoms with E-state index in [2.05, 4.69) is 0 Å². The highest BCUT2D eigenvalue weighted by molar-refractivity contribution is 7.91. The van der Waals surface area contributed by atoms with Gasteiger partial charge in [0, 0.05) is 17.3 Å². The Hall–Kier alpha value is -3.07. The topological polar surface area (TPSA) is 77.8 Å². The zero-order valence-electron chi connectivity index (χ0n) is 16.1. The molecule has 0 atom stereocenters.